The number of para-hydroxylation sites is 2. The summed E-state index contributed by atoms with van der Waals surface area (Å²) >= 11 is 0. The van der Waals surface area contributed by atoms with Gasteiger partial charge >= 0.3 is 0 Å². The Kier molecular flexibility index (Phi) is 5.75. The predicted molar refractivity (Wildman–Crippen MR) is 121 cm³/mol. The van der Waals surface area contributed by atoms with Crippen LogP contribution in [0.15, 0.2) is 60.7 Å². The molecule has 4 aromatic rings. The smallest absolute Gasteiger partial charge is 0.272 e. The standard InChI is InChI=1S/C23H20FN3O4S/c1-3-12-32(29,30)27(16-9-11-22(31-2)17(24)14-16)23(28)15-8-10-20-21(13-15)26-19-7-5-4-6-18(19)25-20/h4-11,13-14H,3,12H2,1-2H3. The Hall–Kier alpha value is -3.59. The third-order valence-electron chi connectivity index (χ3n) is 4.88. The summed E-state index contributed by atoms with van der Waals surface area (Å²) in [5.74, 6) is -1.91. The van der Waals surface area contributed by atoms with Crippen molar-refractivity contribution in [2.24, 2.45) is 0 Å². The van der Waals surface area contributed by atoms with Gasteiger partial charge in [-0.25, -0.2) is 27.1 Å². The Morgan fingerprint density at radius 2 is 1.62 bits per heavy atom. The van der Waals surface area contributed by atoms with Crippen molar-refractivity contribution in [1.29, 1.82) is 0 Å². The maximum atomic E-state index is 14.3. The first-order valence-corrected chi connectivity index (χ1v) is 11.5. The number of carbonyl (C=O) groups excluding carboxylic acids is 1. The fourth-order valence-electron chi connectivity index (χ4n) is 3.41. The number of carbonyl (C=O) groups is 1. The number of ether oxygens (including phenoxy) is 1. The van der Waals surface area contributed by atoms with Crippen molar-refractivity contribution in [2.75, 3.05) is 17.2 Å². The number of methoxy groups -OCH3 is 1. The highest BCUT2D eigenvalue weighted by Crippen LogP contribution is 2.28. The van der Waals surface area contributed by atoms with Crippen LogP contribution in [0.3, 0.4) is 0 Å². The van der Waals surface area contributed by atoms with Gasteiger partial charge in [0.25, 0.3) is 5.91 Å². The molecule has 9 heteroatoms. The minimum Gasteiger partial charge on any atom is -0.494 e. The maximum absolute atomic E-state index is 14.3. The summed E-state index contributed by atoms with van der Waals surface area (Å²) in [4.78, 5) is 22.4. The van der Waals surface area contributed by atoms with Crippen LogP contribution in [0.5, 0.6) is 5.75 Å². The van der Waals surface area contributed by atoms with E-state index in [1.807, 2.05) is 18.2 Å². The van der Waals surface area contributed by atoms with Gasteiger partial charge in [-0.05, 0) is 48.9 Å². The topological polar surface area (TPSA) is 89.5 Å². The number of hydrogen-bond donors (Lipinski definition) is 0. The number of sulfonamides is 1. The third kappa shape index (κ3) is 3.99. The zero-order valence-corrected chi connectivity index (χ0v) is 18.3. The van der Waals surface area contributed by atoms with Crippen LogP contribution >= 0.6 is 0 Å². The SMILES string of the molecule is CCCS(=O)(=O)N(C(=O)c1ccc2nc3ccccc3nc2c1)c1ccc(OC)c(F)c1. The number of amides is 1. The van der Waals surface area contributed by atoms with Gasteiger partial charge < -0.3 is 4.74 Å². The molecule has 0 aliphatic carbocycles. The summed E-state index contributed by atoms with van der Waals surface area (Å²) in [6, 6.07) is 15.5. The Labute approximate surface area is 184 Å². The molecule has 1 amide bonds. The molecule has 1 aromatic heterocycles. The molecule has 7 nitrogen and oxygen atoms in total. The highest BCUT2D eigenvalue weighted by molar-refractivity contribution is 7.93. The molecule has 0 N–H and O–H groups in total. The maximum Gasteiger partial charge on any atom is 0.272 e. The first-order chi connectivity index (χ1) is 15.3. The highest BCUT2D eigenvalue weighted by atomic mass is 32.2. The van der Waals surface area contributed by atoms with E-state index < -0.39 is 21.7 Å². The lowest BCUT2D eigenvalue weighted by atomic mass is 10.1. The Balaban J connectivity index is 1.83. The molecule has 164 valence electrons. The fraction of sp³-hybridized carbons (Fsp3) is 0.174. The van der Waals surface area contributed by atoms with Crippen molar-refractivity contribution in [1.82, 2.24) is 9.97 Å². The second kappa shape index (κ2) is 8.51. The molecule has 0 spiro atoms. The van der Waals surface area contributed by atoms with Crippen LogP contribution in [0, 0.1) is 5.82 Å². The predicted octanol–water partition coefficient (Wildman–Crippen LogP) is 4.32. The summed E-state index contributed by atoms with van der Waals surface area (Å²) in [7, 11) is -2.76. The van der Waals surface area contributed by atoms with E-state index in [-0.39, 0.29) is 22.8 Å². The molecule has 0 saturated heterocycles. The van der Waals surface area contributed by atoms with Crippen LogP contribution < -0.4 is 9.04 Å². The highest BCUT2D eigenvalue weighted by Gasteiger charge is 2.30. The number of rotatable bonds is 6. The summed E-state index contributed by atoms with van der Waals surface area (Å²) in [6.45, 7) is 1.69. The van der Waals surface area contributed by atoms with Gasteiger partial charge in [0, 0.05) is 11.6 Å². The first kappa shape index (κ1) is 21.6. The summed E-state index contributed by atoms with van der Waals surface area (Å²) in [6.07, 6.45) is 0.292. The molecule has 0 aliphatic rings. The Bertz CT molecular complexity index is 1440. The van der Waals surface area contributed by atoms with E-state index in [2.05, 4.69) is 9.97 Å². The van der Waals surface area contributed by atoms with Crippen molar-refractivity contribution in [3.8, 4) is 5.75 Å². The van der Waals surface area contributed by atoms with E-state index in [1.165, 1.54) is 31.4 Å². The van der Waals surface area contributed by atoms with Crippen LogP contribution in [0.4, 0.5) is 10.1 Å². The number of anilines is 1. The van der Waals surface area contributed by atoms with Gasteiger partial charge in [-0.15, -0.1) is 0 Å². The molecule has 32 heavy (non-hydrogen) atoms. The lowest BCUT2D eigenvalue weighted by Crippen LogP contribution is -2.38. The van der Waals surface area contributed by atoms with Gasteiger partial charge in [-0.2, -0.15) is 0 Å². The van der Waals surface area contributed by atoms with Gasteiger partial charge in [-0.1, -0.05) is 19.1 Å². The lowest BCUT2D eigenvalue weighted by Gasteiger charge is -2.23. The van der Waals surface area contributed by atoms with E-state index >= 15 is 0 Å². The molecule has 0 fully saturated rings. The van der Waals surface area contributed by atoms with Crippen LogP contribution in [0.1, 0.15) is 23.7 Å². The lowest BCUT2D eigenvalue weighted by molar-refractivity contribution is 0.101. The molecule has 0 saturated carbocycles. The molecule has 0 atom stereocenters. The quantitative estimate of drug-likeness (QED) is 0.404. The van der Waals surface area contributed by atoms with Gasteiger partial charge in [0.1, 0.15) is 0 Å². The molecule has 3 aromatic carbocycles. The molecule has 0 radical (unpaired) electrons. The Morgan fingerprint density at radius 1 is 0.969 bits per heavy atom. The number of benzene rings is 3. The summed E-state index contributed by atoms with van der Waals surface area (Å²) < 4.78 is 45.8. The monoisotopic (exact) mass is 453 g/mol. The zero-order valence-electron chi connectivity index (χ0n) is 17.4. The third-order valence-corrected chi connectivity index (χ3v) is 6.74. The number of hydrogen-bond acceptors (Lipinski definition) is 6. The minimum atomic E-state index is -4.06. The molecule has 4 rings (SSSR count). The van der Waals surface area contributed by atoms with E-state index in [0.717, 1.165) is 6.07 Å². The minimum absolute atomic E-state index is 0.0538. The van der Waals surface area contributed by atoms with Gasteiger partial charge in [-0.3, -0.25) is 4.79 Å². The zero-order chi connectivity index (χ0) is 22.9. The average molecular weight is 453 g/mol. The van der Waals surface area contributed by atoms with Crippen LogP contribution in [0.25, 0.3) is 22.1 Å². The van der Waals surface area contributed by atoms with Gasteiger partial charge in [0.15, 0.2) is 11.6 Å². The van der Waals surface area contributed by atoms with Gasteiger partial charge in [0.2, 0.25) is 10.0 Å². The Morgan fingerprint density at radius 3 is 2.25 bits per heavy atom. The molecule has 1 heterocycles. The number of halogens is 1. The van der Waals surface area contributed by atoms with E-state index in [0.29, 0.717) is 32.8 Å². The van der Waals surface area contributed by atoms with Crippen LogP contribution in [-0.4, -0.2) is 37.2 Å². The average Bonchev–Trinajstić information content (AvgIpc) is 2.77. The van der Waals surface area contributed by atoms with Crippen molar-refractivity contribution >= 4 is 43.7 Å². The van der Waals surface area contributed by atoms with Crippen molar-refractivity contribution in [3.63, 3.8) is 0 Å². The number of aromatic nitrogens is 2. The van der Waals surface area contributed by atoms with Crippen molar-refractivity contribution < 1.29 is 22.3 Å². The fourth-order valence-corrected chi connectivity index (χ4v) is 4.90. The molecular weight excluding hydrogens is 433 g/mol. The summed E-state index contributed by atoms with van der Waals surface area (Å²) in [5, 5.41) is 0. The van der Waals surface area contributed by atoms with Crippen molar-refractivity contribution in [2.45, 2.75) is 13.3 Å². The van der Waals surface area contributed by atoms with Crippen LogP contribution in [-0.2, 0) is 10.0 Å². The second-order valence-corrected chi connectivity index (χ2v) is 9.06. The number of fused-ring (bicyclic) bond motifs is 2. The van der Waals surface area contributed by atoms with Crippen molar-refractivity contribution in [3.05, 3.63) is 72.0 Å². The van der Waals surface area contributed by atoms with Gasteiger partial charge in [0.05, 0.1) is 40.6 Å². The molecule has 0 aliphatic heterocycles. The molecule has 0 unspecified atom stereocenters. The first-order valence-electron chi connectivity index (χ1n) is 9.91. The van der Waals surface area contributed by atoms with E-state index in [4.69, 9.17) is 4.74 Å². The van der Waals surface area contributed by atoms with E-state index in [1.54, 1.807) is 19.1 Å². The summed E-state index contributed by atoms with van der Waals surface area (Å²) in [5.41, 5.74) is 2.36. The van der Waals surface area contributed by atoms with Crippen LogP contribution in [0.2, 0.25) is 0 Å². The number of nitrogens with zero attached hydrogens (tertiary/aromatic N) is 3. The molecular formula is C23H20FN3O4S. The van der Waals surface area contributed by atoms with E-state index in [9.17, 15) is 17.6 Å². The second-order valence-electron chi connectivity index (χ2n) is 7.12. The normalized spacial score (nSPS) is 11.6. The molecule has 0 bridgehead atoms. The largest absolute Gasteiger partial charge is 0.494 e.